The van der Waals surface area contributed by atoms with Crippen molar-refractivity contribution in [3.8, 4) is 22.7 Å². The number of benzene rings is 2. The number of methoxy groups -OCH3 is 2. The average Bonchev–Trinajstić information content (AvgIpc) is 3.15. The van der Waals surface area contributed by atoms with Gasteiger partial charge in [-0.25, -0.2) is 18.7 Å². The number of aromatic nitrogens is 2. The molecule has 3 aromatic rings. The molecule has 0 N–H and O–H groups in total. The van der Waals surface area contributed by atoms with Crippen molar-refractivity contribution in [2.75, 3.05) is 20.8 Å². The highest BCUT2D eigenvalue weighted by molar-refractivity contribution is 6.06. The van der Waals surface area contributed by atoms with Crippen molar-refractivity contribution in [3.05, 3.63) is 65.6 Å². The lowest BCUT2D eigenvalue weighted by molar-refractivity contribution is 0.0549. The first kappa shape index (κ1) is 20.1. The van der Waals surface area contributed by atoms with Gasteiger partial charge in [-0.1, -0.05) is 18.2 Å². The van der Waals surface area contributed by atoms with Gasteiger partial charge in [0.05, 0.1) is 26.5 Å². The number of para-hydroxylation sites is 1. The first-order valence-corrected chi connectivity index (χ1v) is 8.79. The predicted octanol–water partition coefficient (Wildman–Crippen LogP) is 3.65. The van der Waals surface area contributed by atoms with Crippen LogP contribution in [0.2, 0.25) is 0 Å². The van der Waals surface area contributed by atoms with Crippen LogP contribution in [0.3, 0.4) is 0 Å². The predicted molar refractivity (Wildman–Crippen MR) is 103 cm³/mol. The van der Waals surface area contributed by atoms with E-state index in [0.29, 0.717) is 12.3 Å². The van der Waals surface area contributed by atoms with Gasteiger partial charge in [-0.15, -0.1) is 0 Å². The number of hydrogen-bond acceptors (Lipinski definition) is 6. The minimum Gasteiger partial charge on any atom is -0.491 e. The van der Waals surface area contributed by atoms with E-state index < -0.39 is 17.8 Å². The number of hydrogen-bond donors (Lipinski definition) is 0. The van der Waals surface area contributed by atoms with Gasteiger partial charge in [0.15, 0.2) is 17.3 Å². The highest BCUT2D eigenvalue weighted by atomic mass is 19.1. The van der Waals surface area contributed by atoms with E-state index in [0.717, 1.165) is 0 Å². The van der Waals surface area contributed by atoms with Crippen LogP contribution < -0.4 is 4.74 Å². The summed E-state index contributed by atoms with van der Waals surface area (Å²) in [5.74, 6) is -2.11. The molecule has 0 atom stereocenters. The summed E-state index contributed by atoms with van der Waals surface area (Å²) in [5.41, 5.74) is 0.659. The number of nitrogens with zero attached hydrogens (tertiary/aromatic N) is 2. The normalized spacial score (nSPS) is 10.5. The Kier molecular flexibility index (Phi) is 5.92. The quantitative estimate of drug-likeness (QED) is 0.590. The second-order valence-corrected chi connectivity index (χ2v) is 5.88. The van der Waals surface area contributed by atoms with E-state index >= 15 is 0 Å². The molecule has 2 aromatic carbocycles. The molecule has 0 spiro atoms. The van der Waals surface area contributed by atoms with Gasteiger partial charge in [0.1, 0.15) is 11.3 Å². The van der Waals surface area contributed by atoms with Gasteiger partial charge in [0.2, 0.25) is 0 Å². The number of ether oxygens (including phenoxy) is 3. The second kappa shape index (κ2) is 8.55. The van der Waals surface area contributed by atoms with Crippen LogP contribution in [0.4, 0.5) is 4.39 Å². The Hall–Kier alpha value is -3.68. The van der Waals surface area contributed by atoms with Crippen molar-refractivity contribution >= 4 is 11.9 Å². The van der Waals surface area contributed by atoms with Gasteiger partial charge in [0, 0.05) is 5.56 Å². The van der Waals surface area contributed by atoms with E-state index in [9.17, 15) is 14.0 Å². The summed E-state index contributed by atoms with van der Waals surface area (Å²) in [5, 5.41) is 4.41. The first-order chi connectivity index (χ1) is 14.0. The van der Waals surface area contributed by atoms with Gasteiger partial charge >= 0.3 is 11.9 Å². The van der Waals surface area contributed by atoms with Crippen LogP contribution >= 0.6 is 0 Å². The van der Waals surface area contributed by atoms with Crippen LogP contribution in [0.1, 0.15) is 27.8 Å². The van der Waals surface area contributed by atoms with Gasteiger partial charge in [0.25, 0.3) is 0 Å². The highest BCUT2D eigenvalue weighted by Gasteiger charge is 2.31. The SMILES string of the molecule is CCOc1ccc(-c2nn(-c3ccccc3)c(C(=O)OC)c2C(=O)OC)cc1F. The van der Waals surface area contributed by atoms with Crippen molar-refractivity contribution in [2.45, 2.75) is 6.92 Å². The third-order valence-corrected chi connectivity index (χ3v) is 4.16. The first-order valence-electron chi connectivity index (χ1n) is 8.79. The fraction of sp³-hybridized carbons (Fsp3) is 0.190. The maximum Gasteiger partial charge on any atom is 0.357 e. The van der Waals surface area contributed by atoms with Crippen LogP contribution in [0.5, 0.6) is 5.75 Å². The molecule has 0 amide bonds. The van der Waals surface area contributed by atoms with Gasteiger partial charge in [-0.3, -0.25) is 0 Å². The largest absolute Gasteiger partial charge is 0.491 e. The van der Waals surface area contributed by atoms with Crippen molar-refractivity contribution in [1.82, 2.24) is 9.78 Å². The second-order valence-electron chi connectivity index (χ2n) is 5.88. The Morgan fingerprint density at radius 2 is 1.72 bits per heavy atom. The summed E-state index contributed by atoms with van der Waals surface area (Å²) < 4.78 is 30.6. The standard InChI is InChI=1S/C21H19FN2O5/c1-4-29-16-11-10-13(12-15(16)22)18-17(20(25)27-2)19(21(26)28-3)24(23-18)14-8-6-5-7-9-14/h5-12H,4H2,1-3H3. The summed E-state index contributed by atoms with van der Waals surface area (Å²) in [7, 11) is 2.38. The summed E-state index contributed by atoms with van der Waals surface area (Å²) in [6.07, 6.45) is 0. The summed E-state index contributed by atoms with van der Waals surface area (Å²) in [4.78, 5) is 25.1. The molecule has 0 aliphatic heterocycles. The Labute approximate surface area is 166 Å². The topological polar surface area (TPSA) is 79.7 Å². The van der Waals surface area contributed by atoms with Gasteiger partial charge in [-0.2, -0.15) is 5.10 Å². The summed E-state index contributed by atoms with van der Waals surface area (Å²) >= 11 is 0. The number of carbonyl (C=O) groups excluding carboxylic acids is 2. The van der Waals surface area contributed by atoms with Crippen molar-refractivity contribution in [2.24, 2.45) is 0 Å². The molecular formula is C21H19FN2O5. The molecule has 0 aliphatic rings. The molecule has 0 aliphatic carbocycles. The number of carbonyl (C=O) groups is 2. The monoisotopic (exact) mass is 398 g/mol. The molecule has 150 valence electrons. The summed E-state index contributed by atoms with van der Waals surface area (Å²) in [6.45, 7) is 2.05. The molecule has 0 unspecified atom stereocenters. The third-order valence-electron chi connectivity index (χ3n) is 4.16. The van der Waals surface area contributed by atoms with Crippen molar-refractivity contribution < 1.29 is 28.2 Å². The minimum absolute atomic E-state index is 0.0755. The van der Waals surface area contributed by atoms with E-state index in [4.69, 9.17) is 14.2 Å². The molecule has 0 saturated heterocycles. The molecule has 1 heterocycles. The molecule has 8 heteroatoms. The Bertz CT molecular complexity index is 1050. The van der Waals surface area contributed by atoms with E-state index in [1.807, 2.05) is 0 Å². The molecule has 0 bridgehead atoms. The van der Waals surface area contributed by atoms with Crippen LogP contribution in [0, 0.1) is 5.82 Å². The lowest BCUT2D eigenvalue weighted by Crippen LogP contribution is -2.15. The van der Waals surface area contributed by atoms with E-state index in [-0.39, 0.29) is 28.3 Å². The minimum atomic E-state index is -0.795. The maximum atomic E-state index is 14.4. The Balaban J connectivity index is 2.29. The fourth-order valence-electron chi connectivity index (χ4n) is 2.88. The Morgan fingerprint density at radius 3 is 2.31 bits per heavy atom. The molecule has 1 aromatic heterocycles. The highest BCUT2D eigenvalue weighted by Crippen LogP contribution is 2.31. The lowest BCUT2D eigenvalue weighted by atomic mass is 10.1. The molecule has 0 fully saturated rings. The summed E-state index contributed by atoms with van der Waals surface area (Å²) in [6, 6.07) is 12.9. The number of rotatable bonds is 6. The Morgan fingerprint density at radius 1 is 1.03 bits per heavy atom. The zero-order valence-electron chi connectivity index (χ0n) is 16.1. The molecule has 3 rings (SSSR count). The smallest absolute Gasteiger partial charge is 0.357 e. The van der Waals surface area contributed by atoms with Gasteiger partial charge in [-0.05, 0) is 37.3 Å². The third kappa shape index (κ3) is 3.82. The van der Waals surface area contributed by atoms with Crippen LogP contribution in [0.25, 0.3) is 16.9 Å². The number of halogens is 1. The van der Waals surface area contributed by atoms with Crippen molar-refractivity contribution in [3.63, 3.8) is 0 Å². The molecule has 0 radical (unpaired) electrons. The fourth-order valence-corrected chi connectivity index (χ4v) is 2.88. The molecule has 7 nitrogen and oxygen atoms in total. The zero-order valence-corrected chi connectivity index (χ0v) is 16.1. The van der Waals surface area contributed by atoms with Crippen LogP contribution in [-0.4, -0.2) is 42.5 Å². The van der Waals surface area contributed by atoms with Gasteiger partial charge < -0.3 is 14.2 Å². The zero-order chi connectivity index (χ0) is 21.0. The molecular weight excluding hydrogens is 379 g/mol. The van der Waals surface area contributed by atoms with E-state index in [1.165, 1.54) is 31.0 Å². The molecule has 0 saturated carbocycles. The van der Waals surface area contributed by atoms with E-state index in [2.05, 4.69) is 5.10 Å². The van der Waals surface area contributed by atoms with Crippen LogP contribution in [-0.2, 0) is 9.47 Å². The maximum absolute atomic E-state index is 14.4. The van der Waals surface area contributed by atoms with E-state index in [1.54, 1.807) is 43.3 Å². The average molecular weight is 398 g/mol. The number of esters is 2. The van der Waals surface area contributed by atoms with Crippen LogP contribution in [0.15, 0.2) is 48.5 Å². The lowest BCUT2D eigenvalue weighted by Gasteiger charge is -2.07. The molecule has 29 heavy (non-hydrogen) atoms. The van der Waals surface area contributed by atoms with Crippen molar-refractivity contribution in [1.29, 1.82) is 0 Å².